The molecular formula is C16H24N2O. The Morgan fingerprint density at radius 2 is 2.26 bits per heavy atom. The largest absolute Gasteiger partial charge is 0.326 e. The molecule has 1 aliphatic heterocycles. The maximum atomic E-state index is 12.3. The van der Waals surface area contributed by atoms with Crippen LogP contribution in [-0.2, 0) is 11.2 Å². The van der Waals surface area contributed by atoms with Crippen LogP contribution in [-0.4, -0.2) is 18.5 Å². The van der Waals surface area contributed by atoms with Crippen molar-refractivity contribution in [2.45, 2.75) is 46.1 Å². The minimum atomic E-state index is 0.141. The minimum absolute atomic E-state index is 0.141. The van der Waals surface area contributed by atoms with Crippen molar-refractivity contribution in [3.05, 3.63) is 29.3 Å². The van der Waals surface area contributed by atoms with Crippen molar-refractivity contribution in [1.82, 2.24) is 5.32 Å². The summed E-state index contributed by atoms with van der Waals surface area (Å²) in [5.41, 5.74) is 3.52. The van der Waals surface area contributed by atoms with Crippen molar-refractivity contribution >= 4 is 11.6 Å². The van der Waals surface area contributed by atoms with E-state index in [0.29, 0.717) is 6.04 Å². The summed E-state index contributed by atoms with van der Waals surface area (Å²) >= 11 is 0. The number of rotatable bonds is 3. The zero-order valence-electron chi connectivity index (χ0n) is 12.1. The van der Waals surface area contributed by atoms with Crippen molar-refractivity contribution in [3.63, 3.8) is 0 Å². The Balaban J connectivity index is 2.02. The first kappa shape index (κ1) is 14.1. The molecule has 0 saturated carbocycles. The normalized spacial score (nSPS) is 23.1. The summed E-state index contributed by atoms with van der Waals surface area (Å²) in [5, 5.41) is 6.44. The van der Waals surface area contributed by atoms with Gasteiger partial charge in [0.25, 0.3) is 0 Å². The Hall–Kier alpha value is -1.35. The number of anilines is 1. The van der Waals surface area contributed by atoms with Crippen molar-refractivity contribution in [2.24, 2.45) is 5.92 Å². The molecule has 2 atom stereocenters. The quantitative estimate of drug-likeness (QED) is 0.877. The first-order chi connectivity index (χ1) is 9.10. The van der Waals surface area contributed by atoms with Gasteiger partial charge in [-0.2, -0.15) is 0 Å². The van der Waals surface area contributed by atoms with Gasteiger partial charge in [0.2, 0.25) is 5.91 Å². The second-order valence-electron chi connectivity index (χ2n) is 5.56. The molecular weight excluding hydrogens is 236 g/mol. The predicted molar refractivity (Wildman–Crippen MR) is 79.4 cm³/mol. The Labute approximate surface area is 115 Å². The number of hydrogen-bond donors (Lipinski definition) is 2. The SMILES string of the molecule is CCc1cc(NC(=O)[C@H]2CCN[C@@H](C)C2)ccc1C. The van der Waals surface area contributed by atoms with Gasteiger partial charge in [0.05, 0.1) is 0 Å². The smallest absolute Gasteiger partial charge is 0.227 e. The zero-order valence-corrected chi connectivity index (χ0v) is 12.1. The van der Waals surface area contributed by atoms with Crippen LogP contribution in [0.4, 0.5) is 5.69 Å². The van der Waals surface area contributed by atoms with Crippen molar-refractivity contribution in [1.29, 1.82) is 0 Å². The molecule has 1 amide bonds. The summed E-state index contributed by atoms with van der Waals surface area (Å²) in [6.45, 7) is 7.33. The minimum Gasteiger partial charge on any atom is -0.326 e. The maximum Gasteiger partial charge on any atom is 0.227 e. The molecule has 2 N–H and O–H groups in total. The molecule has 0 aliphatic carbocycles. The summed E-state index contributed by atoms with van der Waals surface area (Å²) in [5.74, 6) is 0.307. The average Bonchev–Trinajstić information content (AvgIpc) is 2.41. The molecule has 1 heterocycles. The van der Waals surface area contributed by atoms with E-state index < -0.39 is 0 Å². The Bertz CT molecular complexity index is 456. The van der Waals surface area contributed by atoms with Crippen LogP contribution in [0.15, 0.2) is 18.2 Å². The van der Waals surface area contributed by atoms with Gasteiger partial charge in [-0.15, -0.1) is 0 Å². The topological polar surface area (TPSA) is 41.1 Å². The van der Waals surface area contributed by atoms with E-state index in [9.17, 15) is 4.79 Å². The Kier molecular flexibility index (Phi) is 4.59. The summed E-state index contributed by atoms with van der Waals surface area (Å²) in [6, 6.07) is 6.61. The van der Waals surface area contributed by atoms with Crippen LogP contribution in [0.3, 0.4) is 0 Å². The van der Waals surface area contributed by atoms with Gasteiger partial charge in [-0.3, -0.25) is 4.79 Å². The average molecular weight is 260 g/mol. The second kappa shape index (κ2) is 6.20. The summed E-state index contributed by atoms with van der Waals surface area (Å²) in [6.07, 6.45) is 2.86. The number of carbonyl (C=O) groups is 1. The molecule has 19 heavy (non-hydrogen) atoms. The van der Waals surface area contributed by atoms with Gasteiger partial charge < -0.3 is 10.6 Å². The molecule has 1 fully saturated rings. The molecule has 3 heteroatoms. The molecule has 1 aliphatic rings. The fourth-order valence-corrected chi connectivity index (χ4v) is 2.74. The van der Waals surface area contributed by atoms with Crippen LogP contribution in [0.1, 0.15) is 37.8 Å². The summed E-state index contributed by atoms with van der Waals surface area (Å²) in [7, 11) is 0. The molecule has 1 aromatic rings. The van der Waals surface area contributed by atoms with Crippen LogP contribution in [0, 0.1) is 12.8 Å². The van der Waals surface area contributed by atoms with E-state index in [4.69, 9.17) is 0 Å². The van der Waals surface area contributed by atoms with Crippen molar-refractivity contribution in [3.8, 4) is 0 Å². The van der Waals surface area contributed by atoms with Gasteiger partial charge in [0.15, 0.2) is 0 Å². The van der Waals surface area contributed by atoms with Gasteiger partial charge in [-0.25, -0.2) is 0 Å². The van der Waals surface area contributed by atoms with Gasteiger partial charge in [-0.05, 0) is 62.9 Å². The molecule has 0 unspecified atom stereocenters. The zero-order chi connectivity index (χ0) is 13.8. The molecule has 0 aromatic heterocycles. The van der Waals surface area contributed by atoms with Crippen molar-refractivity contribution in [2.75, 3.05) is 11.9 Å². The highest BCUT2D eigenvalue weighted by molar-refractivity contribution is 5.92. The molecule has 0 bridgehead atoms. The lowest BCUT2D eigenvalue weighted by Gasteiger charge is -2.27. The number of amides is 1. The molecule has 3 nitrogen and oxygen atoms in total. The maximum absolute atomic E-state index is 12.3. The number of nitrogens with one attached hydrogen (secondary N) is 2. The van der Waals surface area contributed by atoms with Gasteiger partial charge in [0.1, 0.15) is 0 Å². The molecule has 104 valence electrons. The highest BCUT2D eigenvalue weighted by Gasteiger charge is 2.24. The first-order valence-electron chi connectivity index (χ1n) is 7.24. The van der Waals surface area contributed by atoms with E-state index in [2.05, 4.69) is 43.5 Å². The van der Waals surface area contributed by atoms with E-state index >= 15 is 0 Å². The number of benzene rings is 1. The number of carbonyl (C=O) groups excluding carboxylic acids is 1. The van der Waals surface area contributed by atoms with Crippen LogP contribution in [0.5, 0.6) is 0 Å². The fraction of sp³-hybridized carbons (Fsp3) is 0.562. The van der Waals surface area contributed by atoms with E-state index in [-0.39, 0.29) is 11.8 Å². The van der Waals surface area contributed by atoms with Gasteiger partial charge in [0, 0.05) is 17.6 Å². The van der Waals surface area contributed by atoms with E-state index in [1.54, 1.807) is 0 Å². The third kappa shape index (κ3) is 3.57. The molecule has 0 spiro atoms. The molecule has 1 saturated heterocycles. The third-order valence-electron chi connectivity index (χ3n) is 3.99. The van der Waals surface area contributed by atoms with Crippen LogP contribution >= 0.6 is 0 Å². The van der Waals surface area contributed by atoms with Gasteiger partial charge in [-0.1, -0.05) is 13.0 Å². The Morgan fingerprint density at radius 3 is 2.95 bits per heavy atom. The first-order valence-corrected chi connectivity index (χ1v) is 7.24. The van der Waals surface area contributed by atoms with E-state index in [0.717, 1.165) is 31.5 Å². The van der Waals surface area contributed by atoms with Crippen molar-refractivity contribution < 1.29 is 4.79 Å². The Morgan fingerprint density at radius 1 is 1.47 bits per heavy atom. The molecule has 1 aromatic carbocycles. The number of aryl methyl sites for hydroxylation is 2. The predicted octanol–water partition coefficient (Wildman–Crippen LogP) is 2.88. The lowest BCUT2D eigenvalue weighted by Crippen LogP contribution is -2.40. The highest BCUT2D eigenvalue weighted by Crippen LogP contribution is 2.20. The summed E-state index contributed by atoms with van der Waals surface area (Å²) in [4.78, 5) is 12.3. The van der Waals surface area contributed by atoms with Crippen LogP contribution in [0.2, 0.25) is 0 Å². The third-order valence-corrected chi connectivity index (χ3v) is 3.99. The lowest BCUT2D eigenvalue weighted by atomic mass is 9.92. The molecule has 2 rings (SSSR count). The van der Waals surface area contributed by atoms with Crippen LogP contribution < -0.4 is 10.6 Å². The number of piperidine rings is 1. The second-order valence-corrected chi connectivity index (χ2v) is 5.56. The number of hydrogen-bond acceptors (Lipinski definition) is 2. The van der Waals surface area contributed by atoms with Crippen LogP contribution in [0.25, 0.3) is 0 Å². The highest BCUT2D eigenvalue weighted by atomic mass is 16.1. The monoisotopic (exact) mass is 260 g/mol. The summed E-state index contributed by atoms with van der Waals surface area (Å²) < 4.78 is 0. The van der Waals surface area contributed by atoms with E-state index in [1.165, 1.54) is 11.1 Å². The van der Waals surface area contributed by atoms with Gasteiger partial charge >= 0.3 is 0 Å². The van der Waals surface area contributed by atoms with E-state index in [1.807, 2.05) is 6.07 Å². The molecule has 0 radical (unpaired) electrons. The lowest BCUT2D eigenvalue weighted by molar-refractivity contribution is -0.120. The standard InChI is InChI=1S/C16H24N2O/c1-4-13-10-15(6-5-11(13)2)18-16(19)14-7-8-17-12(3)9-14/h5-6,10,12,14,17H,4,7-9H2,1-3H3,(H,18,19)/t12-,14-/m0/s1. The fourth-order valence-electron chi connectivity index (χ4n) is 2.74.